The van der Waals surface area contributed by atoms with E-state index < -0.39 is 0 Å². The fourth-order valence-corrected chi connectivity index (χ4v) is 4.83. The third kappa shape index (κ3) is 4.17. The number of fused-ring (bicyclic) bond motifs is 1. The second kappa shape index (κ2) is 8.84. The molecule has 3 heterocycles. The molecule has 0 aliphatic carbocycles. The van der Waals surface area contributed by atoms with Crippen molar-refractivity contribution in [2.75, 3.05) is 5.75 Å². The van der Waals surface area contributed by atoms with Crippen LogP contribution in [0.25, 0.3) is 27.8 Å². The van der Waals surface area contributed by atoms with Gasteiger partial charge in [0.2, 0.25) is 0 Å². The molecule has 164 valence electrons. The summed E-state index contributed by atoms with van der Waals surface area (Å²) in [5.74, 6) is 0.129. The molecule has 0 aliphatic heterocycles. The predicted octanol–water partition coefficient (Wildman–Crippen LogP) is 5.99. The number of halogens is 1. The van der Waals surface area contributed by atoms with Crippen molar-refractivity contribution in [3.8, 4) is 16.8 Å². The Morgan fingerprint density at radius 1 is 1.03 bits per heavy atom. The van der Waals surface area contributed by atoms with E-state index >= 15 is 0 Å². The SMILES string of the molecule is Cc1cc(C)n(C(=O)CSc2ncnc3c2c(-c2ccccc2)cn3-c2ccc(Cl)cc2)n1. The lowest BCUT2D eigenvalue weighted by atomic mass is 10.1. The second-order valence-electron chi connectivity index (χ2n) is 7.65. The Hall–Kier alpha value is -3.42. The smallest absolute Gasteiger partial charge is 0.257 e. The number of carbonyl (C=O) groups is 1. The summed E-state index contributed by atoms with van der Waals surface area (Å²) in [7, 11) is 0. The Morgan fingerprint density at radius 3 is 2.48 bits per heavy atom. The molecule has 0 fully saturated rings. The average molecular weight is 474 g/mol. The van der Waals surface area contributed by atoms with Crippen LogP contribution >= 0.6 is 23.4 Å². The minimum Gasteiger partial charge on any atom is -0.301 e. The lowest BCUT2D eigenvalue weighted by Crippen LogP contribution is -2.16. The normalized spacial score (nSPS) is 11.2. The minimum absolute atomic E-state index is 0.0873. The fraction of sp³-hybridized carbons (Fsp3) is 0.120. The van der Waals surface area contributed by atoms with Crippen molar-refractivity contribution >= 4 is 40.3 Å². The number of aromatic nitrogens is 5. The summed E-state index contributed by atoms with van der Waals surface area (Å²) in [6, 6.07) is 19.6. The van der Waals surface area contributed by atoms with E-state index in [2.05, 4.69) is 33.4 Å². The van der Waals surface area contributed by atoms with Crippen molar-refractivity contribution in [1.82, 2.24) is 24.3 Å². The maximum Gasteiger partial charge on any atom is 0.257 e. The standard InChI is InChI=1S/C25H20ClN5OS/c1-16-12-17(2)31(29-16)22(32)14-33-25-23-21(18-6-4-3-5-7-18)13-30(24(23)27-15-28-25)20-10-8-19(26)9-11-20/h3-13,15H,14H2,1-2H3. The van der Waals surface area contributed by atoms with Crippen LogP contribution in [0.15, 0.2) is 78.2 Å². The molecule has 0 amide bonds. The lowest BCUT2D eigenvalue weighted by Gasteiger charge is -2.07. The third-order valence-electron chi connectivity index (χ3n) is 5.32. The Bertz CT molecular complexity index is 1460. The molecule has 0 saturated carbocycles. The molecule has 0 atom stereocenters. The Labute approximate surface area is 200 Å². The van der Waals surface area contributed by atoms with Gasteiger partial charge in [-0.3, -0.25) is 4.79 Å². The number of nitrogens with zero attached hydrogens (tertiary/aromatic N) is 5. The van der Waals surface area contributed by atoms with Crippen LogP contribution in [-0.2, 0) is 0 Å². The van der Waals surface area contributed by atoms with Crippen LogP contribution in [0.3, 0.4) is 0 Å². The van der Waals surface area contributed by atoms with E-state index in [9.17, 15) is 4.79 Å². The van der Waals surface area contributed by atoms with Gasteiger partial charge in [0.1, 0.15) is 17.0 Å². The highest BCUT2D eigenvalue weighted by Gasteiger charge is 2.19. The molecule has 33 heavy (non-hydrogen) atoms. The van der Waals surface area contributed by atoms with Crippen molar-refractivity contribution < 1.29 is 4.79 Å². The highest BCUT2D eigenvalue weighted by Crippen LogP contribution is 2.37. The molecule has 2 aromatic carbocycles. The molecule has 0 saturated heterocycles. The fourth-order valence-electron chi connectivity index (χ4n) is 3.85. The van der Waals surface area contributed by atoms with E-state index in [4.69, 9.17) is 11.6 Å². The van der Waals surface area contributed by atoms with Gasteiger partial charge in [-0.1, -0.05) is 53.7 Å². The van der Waals surface area contributed by atoms with Gasteiger partial charge in [0.25, 0.3) is 5.91 Å². The number of aryl methyl sites for hydroxylation is 2. The van der Waals surface area contributed by atoms with Crippen LogP contribution in [0, 0.1) is 13.8 Å². The van der Waals surface area contributed by atoms with Crippen molar-refractivity contribution in [2.24, 2.45) is 0 Å². The zero-order valence-electron chi connectivity index (χ0n) is 18.1. The molecular weight excluding hydrogens is 454 g/mol. The largest absolute Gasteiger partial charge is 0.301 e. The summed E-state index contributed by atoms with van der Waals surface area (Å²) in [6.45, 7) is 3.76. The van der Waals surface area contributed by atoms with Crippen molar-refractivity contribution in [2.45, 2.75) is 18.9 Å². The highest BCUT2D eigenvalue weighted by atomic mass is 35.5. The molecule has 0 bridgehead atoms. The Morgan fingerprint density at radius 2 is 1.79 bits per heavy atom. The summed E-state index contributed by atoms with van der Waals surface area (Å²) in [6.07, 6.45) is 3.60. The van der Waals surface area contributed by atoms with Gasteiger partial charge in [0.05, 0.1) is 16.8 Å². The zero-order valence-corrected chi connectivity index (χ0v) is 19.6. The van der Waals surface area contributed by atoms with Gasteiger partial charge in [0, 0.05) is 28.2 Å². The molecular formula is C25H20ClN5OS. The van der Waals surface area contributed by atoms with Gasteiger partial charge in [-0.05, 0) is 49.7 Å². The highest BCUT2D eigenvalue weighted by molar-refractivity contribution is 8.00. The predicted molar refractivity (Wildman–Crippen MR) is 132 cm³/mol. The number of rotatable bonds is 5. The first-order valence-corrected chi connectivity index (χ1v) is 11.7. The molecule has 5 rings (SSSR count). The molecule has 3 aromatic heterocycles. The molecule has 0 N–H and O–H groups in total. The number of carbonyl (C=O) groups excluding carboxylic acids is 1. The minimum atomic E-state index is -0.0873. The molecule has 5 aromatic rings. The number of hydrogen-bond acceptors (Lipinski definition) is 5. The maximum atomic E-state index is 12.8. The second-order valence-corrected chi connectivity index (χ2v) is 9.05. The average Bonchev–Trinajstić information content (AvgIpc) is 3.38. The van der Waals surface area contributed by atoms with Crippen LogP contribution in [-0.4, -0.2) is 36.0 Å². The van der Waals surface area contributed by atoms with Gasteiger partial charge in [0.15, 0.2) is 0 Å². The van der Waals surface area contributed by atoms with Gasteiger partial charge in [-0.2, -0.15) is 5.10 Å². The van der Waals surface area contributed by atoms with Crippen LogP contribution in [0.4, 0.5) is 0 Å². The zero-order chi connectivity index (χ0) is 22.9. The van der Waals surface area contributed by atoms with E-state index in [-0.39, 0.29) is 11.7 Å². The number of thioether (sulfide) groups is 1. The first-order chi connectivity index (χ1) is 16.0. The van der Waals surface area contributed by atoms with E-state index in [1.54, 1.807) is 6.33 Å². The van der Waals surface area contributed by atoms with Gasteiger partial charge in [-0.25, -0.2) is 14.6 Å². The van der Waals surface area contributed by atoms with Crippen LogP contribution in [0.5, 0.6) is 0 Å². The lowest BCUT2D eigenvalue weighted by molar-refractivity contribution is 0.0924. The van der Waals surface area contributed by atoms with Gasteiger partial charge < -0.3 is 4.57 Å². The van der Waals surface area contributed by atoms with Crippen molar-refractivity contribution in [3.63, 3.8) is 0 Å². The molecule has 0 aliphatic rings. The van der Waals surface area contributed by atoms with Gasteiger partial charge >= 0.3 is 0 Å². The van der Waals surface area contributed by atoms with Crippen LogP contribution < -0.4 is 0 Å². The topological polar surface area (TPSA) is 65.6 Å². The molecule has 0 radical (unpaired) electrons. The monoisotopic (exact) mass is 473 g/mol. The molecule has 0 spiro atoms. The Kier molecular flexibility index (Phi) is 5.74. The summed E-state index contributed by atoms with van der Waals surface area (Å²) in [5, 5.41) is 6.64. The summed E-state index contributed by atoms with van der Waals surface area (Å²) in [4.78, 5) is 22.0. The quantitative estimate of drug-likeness (QED) is 0.232. The van der Waals surface area contributed by atoms with Crippen LogP contribution in [0.2, 0.25) is 5.02 Å². The summed E-state index contributed by atoms with van der Waals surface area (Å²) < 4.78 is 3.49. The first kappa shape index (κ1) is 21.4. The number of hydrogen-bond donors (Lipinski definition) is 0. The maximum absolute atomic E-state index is 12.8. The van der Waals surface area contributed by atoms with Gasteiger partial charge in [-0.15, -0.1) is 0 Å². The summed E-state index contributed by atoms with van der Waals surface area (Å²) in [5.41, 5.74) is 5.41. The first-order valence-electron chi connectivity index (χ1n) is 10.4. The van der Waals surface area contributed by atoms with Crippen molar-refractivity contribution in [1.29, 1.82) is 0 Å². The van der Waals surface area contributed by atoms with E-state index in [1.807, 2.05) is 66.9 Å². The van der Waals surface area contributed by atoms with Crippen LogP contribution in [0.1, 0.15) is 16.2 Å². The van der Waals surface area contributed by atoms with E-state index in [0.29, 0.717) is 5.02 Å². The molecule has 0 unspecified atom stereocenters. The Balaban J connectivity index is 1.60. The molecule has 8 heteroatoms. The number of benzene rings is 2. The summed E-state index contributed by atoms with van der Waals surface area (Å²) >= 11 is 7.50. The molecule has 6 nitrogen and oxygen atoms in total. The van der Waals surface area contributed by atoms with Crippen molar-refractivity contribution in [3.05, 3.63) is 89.6 Å². The van der Waals surface area contributed by atoms with E-state index in [1.165, 1.54) is 16.4 Å². The third-order valence-corrected chi connectivity index (χ3v) is 6.54. The van der Waals surface area contributed by atoms with E-state index in [0.717, 1.165) is 44.3 Å².